The van der Waals surface area contributed by atoms with Gasteiger partial charge in [-0.15, -0.1) is 0 Å². The molecule has 0 radical (unpaired) electrons. The van der Waals surface area contributed by atoms with Crippen LogP contribution in [0.5, 0.6) is 0 Å². The molecule has 12 heavy (non-hydrogen) atoms. The lowest BCUT2D eigenvalue weighted by Gasteiger charge is -2.20. The van der Waals surface area contributed by atoms with Gasteiger partial charge in [0.25, 0.3) is 0 Å². The monoisotopic (exact) mass is 169 g/mol. The molecule has 0 atom stereocenters. The highest BCUT2D eigenvalue weighted by Gasteiger charge is 2.08. The molecule has 1 saturated heterocycles. The van der Waals surface area contributed by atoms with E-state index in [-0.39, 0.29) is 0 Å². The molecule has 1 heterocycles. The van der Waals surface area contributed by atoms with Crippen LogP contribution in [0.25, 0.3) is 0 Å². The molecule has 0 aromatic heterocycles. The minimum absolute atomic E-state index is 0.869. The Morgan fingerprint density at radius 1 is 1.00 bits per heavy atom. The number of hydrogen-bond donors (Lipinski definition) is 0. The van der Waals surface area contributed by atoms with Gasteiger partial charge in [0.1, 0.15) is 0 Å². The van der Waals surface area contributed by atoms with E-state index in [0.717, 1.165) is 5.92 Å². The van der Waals surface area contributed by atoms with Gasteiger partial charge in [-0.3, -0.25) is 0 Å². The van der Waals surface area contributed by atoms with Gasteiger partial charge in [-0.2, -0.15) is 0 Å². The highest BCUT2D eigenvalue weighted by atomic mass is 15.1. The van der Waals surface area contributed by atoms with E-state index < -0.39 is 0 Å². The first-order chi connectivity index (χ1) is 5.79. The molecule has 0 aromatic carbocycles. The van der Waals surface area contributed by atoms with Crippen molar-refractivity contribution in [3.05, 3.63) is 0 Å². The fraction of sp³-hybridized carbons (Fsp3) is 1.00. The maximum Gasteiger partial charge on any atom is -0.00163 e. The number of nitrogens with zero attached hydrogens (tertiary/aromatic N) is 1. The molecule has 1 aliphatic rings. The fourth-order valence-electron chi connectivity index (χ4n) is 1.80. The zero-order valence-electron chi connectivity index (χ0n) is 8.68. The topological polar surface area (TPSA) is 3.24 Å². The summed E-state index contributed by atoms with van der Waals surface area (Å²) in [6.45, 7) is 8.67. The first-order valence-electron chi connectivity index (χ1n) is 5.51. The Labute approximate surface area is 77.1 Å². The van der Waals surface area contributed by atoms with Gasteiger partial charge in [0, 0.05) is 0 Å². The van der Waals surface area contributed by atoms with Crippen molar-refractivity contribution >= 4 is 0 Å². The summed E-state index contributed by atoms with van der Waals surface area (Å²) in [5, 5.41) is 0. The second-order valence-corrected chi connectivity index (χ2v) is 4.44. The van der Waals surface area contributed by atoms with E-state index in [1.165, 1.54) is 51.7 Å². The zero-order valence-corrected chi connectivity index (χ0v) is 8.68. The summed E-state index contributed by atoms with van der Waals surface area (Å²) in [7, 11) is 0. The zero-order chi connectivity index (χ0) is 8.81. The van der Waals surface area contributed by atoms with Gasteiger partial charge in [-0.1, -0.05) is 26.7 Å². The molecule has 0 bridgehead atoms. The minimum atomic E-state index is 0.869. The van der Waals surface area contributed by atoms with Crippen LogP contribution in [-0.4, -0.2) is 24.5 Å². The Bertz CT molecular complexity index is 102. The van der Waals surface area contributed by atoms with E-state index in [0.29, 0.717) is 0 Å². The van der Waals surface area contributed by atoms with Crippen LogP contribution >= 0.6 is 0 Å². The third kappa shape index (κ3) is 4.10. The molecule has 0 aromatic rings. The van der Waals surface area contributed by atoms with Crippen molar-refractivity contribution in [2.75, 3.05) is 19.6 Å². The van der Waals surface area contributed by atoms with E-state index in [1.54, 1.807) is 0 Å². The van der Waals surface area contributed by atoms with Crippen LogP contribution in [-0.2, 0) is 0 Å². The van der Waals surface area contributed by atoms with Crippen molar-refractivity contribution in [1.82, 2.24) is 4.90 Å². The Morgan fingerprint density at radius 2 is 1.58 bits per heavy atom. The Hall–Kier alpha value is -0.0400. The van der Waals surface area contributed by atoms with Gasteiger partial charge in [0.2, 0.25) is 0 Å². The minimum Gasteiger partial charge on any atom is -0.303 e. The average Bonchev–Trinajstić information content (AvgIpc) is 2.28. The van der Waals surface area contributed by atoms with Gasteiger partial charge in [-0.05, 0) is 44.8 Å². The van der Waals surface area contributed by atoms with Gasteiger partial charge < -0.3 is 4.90 Å². The Balaban J connectivity index is 2.12. The maximum atomic E-state index is 2.65. The van der Waals surface area contributed by atoms with Crippen LogP contribution < -0.4 is 0 Å². The Kier molecular flexibility index (Phi) is 4.67. The summed E-state index contributed by atoms with van der Waals surface area (Å²) in [5.74, 6) is 0.869. The molecular formula is C11H23N. The molecule has 0 spiro atoms. The van der Waals surface area contributed by atoms with E-state index in [1.807, 2.05) is 0 Å². The highest BCUT2D eigenvalue weighted by molar-refractivity contribution is 4.63. The number of rotatable bonds is 3. The molecule has 1 rings (SSSR count). The third-order valence-corrected chi connectivity index (χ3v) is 2.72. The van der Waals surface area contributed by atoms with Crippen LogP contribution in [0.3, 0.4) is 0 Å². The smallest absolute Gasteiger partial charge is 0.00163 e. The van der Waals surface area contributed by atoms with Crippen LogP contribution in [0, 0.1) is 5.92 Å². The second kappa shape index (κ2) is 5.58. The van der Waals surface area contributed by atoms with Crippen molar-refractivity contribution in [1.29, 1.82) is 0 Å². The summed E-state index contributed by atoms with van der Waals surface area (Å²) >= 11 is 0. The largest absolute Gasteiger partial charge is 0.303 e. The van der Waals surface area contributed by atoms with Gasteiger partial charge in [0.15, 0.2) is 0 Å². The van der Waals surface area contributed by atoms with Crippen LogP contribution in [0.4, 0.5) is 0 Å². The van der Waals surface area contributed by atoms with Crippen molar-refractivity contribution in [3.63, 3.8) is 0 Å². The molecule has 1 heteroatoms. The van der Waals surface area contributed by atoms with E-state index in [9.17, 15) is 0 Å². The number of hydrogen-bond acceptors (Lipinski definition) is 1. The van der Waals surface area contributed by atoms with E-state index >= 15 is 0 Å². The molecule has 72 valence electrons. The predicted octanol–water partition coefficient (Wildman–Crippen LogP) is 2.91. The van der Waals surface area contributed by atoms with Gasteiger partial charge in [-0.25, -0.2) is 0 Å². The predicted molar refractivity (Wildman–Crippen MR) is 54.4 cm³/mol. The highest BCUT2D eigenvalue weighted by Crippen LogP contribution is 2.11. The number of likely N-dealkylation sites (tertiary alicyclic amines) is 1. The lowest BCUT2D eigenvalue weighted by molar-refractivity contribution is 0.267. The molecule has 0 amide bonds. The lowest BCUT2D eigenvalue weighted by Crippen LogP contribution is -2.26. The Morgan fingerprint density at radius 3 is 2.08 bits per heavy atom. The molecule has 1 fully saturated rings. The van der Waals surface area contributed by atoms with Crippen molar-refractivity contribution < 1.29 is 0 Å². The average molecular weight is 169 g/mol. The lowest BCUT2D eigenvalue weighted by atomic mass is 10.1. The maximum absolute atomic E-state index is 2.65. The molecule has 1 aliphatic heterocycles. The quantitative estimate of drug-likeness (QED) is 0.628. The van der Waals surface area contributed by atoms with Gasteiger partial charge in [0.05, 0.1) is 0 Å². The summed E-state index contributed by atoms with van der Waals surface area (Å²) in [6.07, 6.45) is 7.15. The van der Waals surface area contributed by atoms with Crippen LogP contribution in [0.15, 0.2) is 0 Å². The van der Waals surface area contributed by atoms with Crippen molar-refractivity contribution in [3.8, 4) is 0 Å². The second-order valence-electron chi connectivity index (χ2n) is 4.44. The molecule has 0 N–H and O–H groups in total. The SMILES string of the molecule is CC(C)CCN1CCCCCC1. The summed E-state index contributed by atoms with van der Waals surface area (Å²) in [4.78, 5) is 2.65. The molecule has 0 unspecified atom stereocenters. The van der Waals surface area contributed by atoms with Crippen LogP contribution in [0.2, 0.25) is 0 Å². The normalized spacial score (nSPS) is 21.2. The van der Waals surface area contributed by atoms with Crippen molar-refractivity contribution in [2.45, 2.75) is 46.0 Å². The first kappa shape index (κ1) is 10.0. The molecule has 0 aliphatic carbocycles. The molecular weight excluding hydrogens is 146 g/mol. The van der Waals surface area contributed by atoms with E-state index in [4.69, 9.17) is 0 Å². The summed E-state index contributed by atoms with van der Waals surface area (Å²) < 4.78 is 0. The standard InChI is InChI=1S/C11H23N/c1-11(2)7-10-12-8-5-3-4-6-9-12/h11H,3-10H2,1-2H3. The molecule has 0 saturated carbocycles. The van der Waals surface area contributed by atoms with Crippen LogP contribution in [0.1, 0.15) is 46.0 Å². The summed E-state index contributed by atoms with van der Waals surface area (Å²) in [5.41, 5.74) is 0. The first-order valence-corrected chi connectivity index (χ1v) is 5.51. The fourth-order valence-corrected chi connectivity index (χ4v) is 1.80. The third-order valence-electron chi connectivity index (χ3n) is 2.72. The van der Waals surface area contributed by atoms with E-state index in [2.05, 4.69) is 18.7 Å². The van der Waals surface area contributed by atoms with Gasteiger partial charge >= 0.3 is 0 Å². The summed E-state index contributed by atoms with van der Waals surface area (Å²) in [6, 6.07) is 0. The van der Waals surface area contributed by atoms with Crippen molar-refractivity contribution in [2.24, 2.45) is 5.92 Å². The molecule has 1 nitrogen and oxygen atoms in total.